The maximum absolute atomic E-state index is 3.41. The molecule has 18 heavy (non-hydrogen) atoms. The van der Waals surface area contributed by atoms with Crippen LogP contribution < -0.4 is 5.32 Å². The summed E-state index contributed by atoms with van der Waals surface area (Å²) in [5, 5.41) is 3.41. The Labute approximate surface area is 109 Å². The average molecular weight is 237 g/mol. The van der Waals surface area contributed by atoms with Gasteiger partial charge in [0.15, 0.2) is 0 Å². The lowest BCUT2D eigenvalue weighted by molar-refractivity contribution is 0.892. The Morgan fingerprint density at radius 3 is 2.22 bits per heavy atom. The molecule has 0 unspecified atom stereocenters. The zero-order chi connectivity index (χ0) is 12.5. The second-order valence-electron chi connectivity index (χ2n) is 4.25. The number of anilines is 1. The summed E-state index contributed by atoms with van der Waals surface area (Å²) in [5.74, 6) is 0. The molecule has 2 aromatic rings. The van der Waals surface area contributed by atoms with E-state index < -0.39 is 0 Å². The maximum Gasteiger partial charge on any atom is 0.0340 e. The van der Waals surface area contributed by atoms with E-state index in [1.807, 2.05) is 12.1 Å². The van der Waals surface area contributed by atoms with Crippen LogP contribution >= 0.6 is 0 Å². The molecule has 2 aromatic carbocycles. The SMILES string of the molecule is C(=Cc1ccccc1)CCCNc1ccccc1. The third kappa shape index (κ3) is 4.46. The highest BCUT2D eigenvalue weighted by Gasteiger charge is 1.88. The molecule has 0 radical (unpaired) electrons. The lowest BCUT2D eigenvalue weighted by Gasteiger charge is -2.04. The fourth-order valence-electron chi connectivity index (χ4n) is 1.79. The fourth-order valence-corrected chi connectivity index (χ4v) is 1.79. The van der Waals surface area contributed by atoms with E-state index in [1.54, 1.807) is 0 Å². The standard InChI is InChI=1S/C17H19N/c1-4-10-16(11-5-1)12-6-3-9-15-18-17-13-7-2-8-14-17/h1-2,4-8,10-14,18H,3,9,15H2. The molecule has 0 spiro atoms. The first-order valence-electron chi connectivity index (χ1n) is 6.46. The molecular formula is C17H19N. The highest BCUT2D eigenvalue weighted by molar-refractivity contribution is 5.48. The van der Waals surface area contributed by atoms with Crippen molar-refractivity contribution >= 4 is 11.8 Å². The Kier molecular flexibility index (Phi) is 5.07. The molecule has 1 heteroatoms. The average Bonchev–Trinajstić information content (AvgIpc) is 2.45. The Bertz CT molecular complexity index is 459. The summed E-state index contributed by atoms with van der Waals surface area (Å²) in [7, 11) is 0. The minimum Gasteiger partial charge on any atom is -0.385 e. The molecule has 0 aliphatic rings. The van der Waals surface area contributed by atoms with Gasteiger partial charge < -0.3 is 5.32 Å². The van der Waals surface area contributed by atoms with Crippen LogP contribution in [0, 0.1) is 0 Å². The van der Waals surface area contributed by atoms with Crippen molar-refractivity contribution in [2.75, 3.05) is 11.9 Å². The first-order valence-corrected chi connectivity index (χ1v) is 6.46. The third-order valence-corrected chi connectivity index (χ3v) is 2.76. The van der Waals surface area contributed by atoms with Gasteiger partial charge in [-0.3, -0.25) is 0 Å². The first-order chi connectivity index (χ1) is 8.95. The van der Waals surface area contributed by atoms with Crippen molar-refractivity contribution in [2.45, 2.75) is 12.8 Å². The van der Waals surface area contributed by atoms with E-state index in [-0.39, 0.29) is 0 Å². The fraction of sp³-hybridized carbons (Fsp3) is 0.176. The van der Waals surface area contributed by atoms with E-state index in [2.05, 4.69) is 66.0 Å². The smallest absolute Gasteiger partial charge is 0.0340 e. The molecule has 0 heterocycles. The van der Waals surface area contributed by atoms with E-state index >= 15 is 0 Å². The van der Waals surface area contributed by atoms with Gasteiger partial charge >= 0.3 is 0 Å². The van der Waals surface area contributed by atoms with Gasteiger partial charge in [0.1, 0.15) is 0 Å². The van der Waals surface area contributed by atoms with Gasteiger partial charge in [0.2, 0.25) is 0 Å². The molecule has 2 rings (SSSR count). The first kappa shape index (κ1) is 12.4. The molecule has 0 saturated heterocycles. The number of benzene rings is 2. The summed E-state index contributed by atoms with van der Waals surface area (Å²) in [6.45, 7) is 1.02. The van der Waals surface area contributed by atoms with Crippen LogP contribution in [0.4, 0.5) is 5.69 Å². The lowest BCUT2D eigenvalue weighted by Crippen LogP contribution is -2.00. The Morgan fingerprint density at radius 1 is 0.833 bits per heavy atom. The van der Waals surface area contributed by atoms with Gasteiger partial charge in [0.25, 0.3) is 0 Å². The highest BCUT2D eigenvalue weighted by atomic mass is 14.9. The number of rotatable bonds is 6. The molecule has 92 valence electrons. The normalized spacial score (nSPS) is 10.7. The predicted octanol–water partition coefficient (Wildman–Crippen LogP) is 4.59. The summed E-state index contributed by atoms with van der Waals surface area (Å²) in [6, 6.07) is 20.8. The molecule has 0 atom stereocenters. The van der Waals surface area contributed by atoms with E-state index in [4.69, 9.17) is 0 Å². The van der Waals surface area contributed by atoms with Crippen molar-refractivity contribution < 1.29 is 0 Å². The van der Waals surface area contributed by atoms with Gasteiger partial charge in [-0.05, 0) is 30.5 Å². The molecule has 0 bridgehead atoms. The Morgan fingerprint density at radius 2 is 1.50 bits per heavy atom. The molecule has 0 aliphatic heterocycles. The zero-order valence-electron chi connectivity index (χ0n) is 10.5. The molecule has 0 aliphatic carbocycles. The Balaban J connectivity index is 1.63. The minimum absolute atomic E-state index is 1.02. The van der Waals surface area contributed by atoms with E-state index in [0.717, 1.165) is 19.4 Å². The van der Waals surface area contributed by atoms with Crippen molar-refractivity contribution in [3.8, 4) is 0 Å². The van der Waals surface area contributed by atoms with Crippen molar-refractivity contribution in [3.05, 3.63) is 72.3 Å². The molecule has 1 N–H and O–H groups in total. The van der Waals surface area contributed by atoms with Gasteiger partial charge in [-0.25, -0.2) is 0 Å². The topological polar surface area (TPSA) is 12.0 Å². The molecular weight excluding hydrogens is 218 g/mol. The van der Waals surface area contributed by atoms with Crippen molar-refractivity contribution in [1.82, 2.24) is 0 Å². The van der Waals surface area contributed by atoms with Crippen LogP contribution in [-0.2, 0) is 0 Å². The molecule has 0 aromatic heterocycles. The van der Waals surface area contributed by atoms with Crippen LogP contribution in [0.2, 0.25) is 0 Å². The van der Waals surface area contributed by atoms with Crippen LogP contribution in [0.15, 0.2) is 66.7 Å². The zero-order valence-corrected chi connectivity index (χ0v) is 10.5. The van der Waals surface area contributed by atoms with Crippen LogP contribution in [0.3, 0.4) is 0 Å². The molecule has 0 amide bonds. The number of allylic oxidation sites excluding steroid dienone is 1. The summed E-state index contributed by atoms with van der Waals surface area (Å²) in [4.78, 5) is 0. The molecule has 0 saturated carbocycles. The van der Waals surface area contributed by atoms with Crippen LogP contribution in [0.5, 0.6) is 0 Å². The number of nitrogens with one attached hydrogen (secondary N) is 1. The lowest BCUT2D eigenvalue weighted by atomic mass is 10.2. The molecule has 1 nitrogen and oxygen atoms in total. The highest BCUT2D eigenvalue weighted by Crippen LogP contribution is 2.06. The minimum atomic E-state index is 1.02. The Hall–Kier alpha value is -2.02. The largest absolute Gasteiger partial charge is 0.385 e. The van der Waals surface area contributed by atoms with Crippen molar-refractivity contribution in [2.24, 2.45) is 0 Å². The van der Waals surface area contributed by atoms with Crippen LogP contribution in [0.1, 0.15) is 18.4 Å². The second kappa shape index (κ2) is 7.33. The predicted molar refractivity (Wildman–Crippen MR) is 79.6 cm³/mol. The van der Waals surface area contributed by atoms with Crippen molar-refractivity contribution in [1.29, 1.82) is 0 Å². The number of para-hydroxylation sites is 1. The van der Waals surface area contributed by atoms with Crippen molar-refractivity contribution in [3.63, 3.8) is 0 Å². The van der Waals surface area contributed by atoms with Gasteiger partial charge in [0.05, 0.1) is 0 Å². The third-order valence-electron chi connectivity index (χ3n) is 2.76. The second-order valence-corrected chi connectivity index (χ2v) is 4.25. The number of hydrogen-bond acceptors (Lipinski definition) is 1. The van der Waals surface area contributed by atoms with Crippen LogP contribution in [-0.4, -0.2) is 6.54 Å². The van der Waals surface area contributed by atoms with Gasteiger partial charge in [-0.2, -0.15) is 0 Å². The summed E-state index contributed by atoms with van der Waals surface area (Å²) in [6.07, 6.45) is 6.68. The van der Waals surface area contributed by atoms with E-state index in [9.17, 15) is 0 Å². The molecule has 0 fully saturated rings. The van der Waals surface area contributed by atoms with E-state index in [1.165, 1.54) is 11.3 Å². The number of unbranched alkanes of at least 4 members (excludes halogenated alkanes) is 1. The van der Waals surface area contributed by atoms with Gasteiger partial charge in [0, 0.05) is 12.2 Å². The maximum atomic E-state index is 3.41. The summed E-state index contributed by atoms with van der Waals surface area (Å²) >= 11 is 0. The number of hydrogen-bond donors (Lipinski definition) is 1. The van der Waals surface area contributed by atoms with E-state index in [0.29, 0.717) is 0 Å². The van der Waals surface area contributed by atoms with Gasteiger partial charge in [-0.1, -0.05) is 60.7 Å². The summed E-state index contributed by atoms with van der Waals surface area (Å²) < 4.78 is 0. The monoisotopic (exact) mass is 237 g/mol. The quantitative estimate of drug-likeness (QED) is 0.724. The summed E-state index contributed by atoms with van der Waals surface area (Å²) in [5.41, 5.74) is 2.47. The van der Waals surface area contributed by atoms with Gasteiger partial charge in [-0.15, -0.1) is 0 Å². The van der Waals surface area contributed by atoms with Crippen LogP contribution in [0.25, 0.3) is 6.08 Å².